The lowest BCUT2D eigenvalue weighted by atomic mass is 10.3. The van der Waals surface area contributed by atoms with E-state index in [0.29, 0.717) is 6.54 Å². The minimum Gasteiger partial charge on any atom is -0.368 e. The van der Waals surface area contributed by atoms with Gasteiger partial charge in [-0.3, -0.25) is 9.78 Å². The first-order valence-corrected chi connectivity index (χ1v) is 5.92. The second kappa shape index (κ2) is 5.58. The molecule has 82 valence electrons. The Labute approximate surface area is 105 Å². The van der Waals surface area contributed by atoms with Crippen molar-refractivity contribution in [2.24, 2.45) is 5.73 Å². The number of hydrogen-bond donors (Lipinski definition) is 2. The number of hydrogen-bond acceptors (Lipinski definition) is 3. The first-order valence-electron chi connectivity index (χ1n) is 4.33. The van der Waals surface area contributed by atoms with Crippen molar-refractivity contribution >= 4 is 37.8 Å². The molecule has 3 N–H and O–H groups in total. The summed E-state index contributed by atoms with van der Waals surface area (Å²) in [5.74, 6) is -0.372. The molecule has 1 unspecified atom stereocenters. The summed E-state index contributed by atoms with van der Waals surface area (Å²) >= 11 is 6.70. The first-order chi connectivity index (χ1) is 7.00. The van der Waals surface area contributed by atoms with Crippen LogP contribution in [0.15, 0.2) is 21.2 Å². The molecule has 1 aromatic rings. The molecule has 0 aromatic carbocycles. The predicted molar refractivity (Wildman–Crippen MR) is 65.1 cm³/mol. The van der Waals surface area contributed by atoms with Gasteiger partial charge < -0.3 is 11.1 Å². The SMILES string of the molecule is CC(NCc1ncc(Br)cc1Br)C(N)=O. The van der Waals surface area contributed by atoms with E-state index in [4.69, 9.17) is 5.73 Å². The van der Waals surface area contributed by atoms with Crippen LogP contribution in [0.3, 0.4) is 0 Å². The normalized spacial score (nSPS) is 12.5. The lowest BCUT2D eigenvalue weighted by Gasteiger charge is -2.10. The van der Waals surface area contributed by atoms with Gasteiger partial charge in [-0.2, -0.15) is 0 Å². The van der Waals surface area contributed by atoms with E-state index in [1.54, 1.807) is 13.1 Å². The van der Waals surface area contributed by atoms with Crippen molar-refractivity contribution in [3.8, 4) is 0 Å². The number of pyridine rings is 1. The minimum atomic E-state index is -0.372. The summed E-state index contributed by atoms with van der Waals surface area (Å²) in [6.07, 6.45) is 1.71. The third kappa shape index (κ3) is 3.89. The number of amides is 1. The third-order valence-corrected chi connectivity index (χ3v) is 3.01. The molecule has 0 saturated carbocycles. The highest BCUT2D eigenvalue weighted by molar-refractivity contribution is 9.11. The van der Waals surface area contributed by atoms with Crippen LogP contribution >= 0.6 is 31.9 Å². The number of nitrogens with zero attached hydrogens (tertiary/aromatic N) is 1. The molecule has 1 aromatic heterocycles. The molecule has 0 aliphatic heterocycles. The van der Waals surface area contributed by atoms with Gasteiger partial charge in [-0.05, 0) is 44.8 Å². The molecule has 0 aliphatic rings. The Bertz CT molecular complexity index is 370. The summed E-state index contributed by atoms with van der Waals surface area (Å²) in [5.41, 5.74) is 5.96. The van der Waals surface area contributed by atoms with Gasteiger partial charge in [0.1, 0.15) is 0 Å². The fraction of sp³-hybridized carbons (Fsp3) is 0.333. The topological polar surface area (TPSA) is 68.0 Å². The van der Waals surface area contributed by atoms with Crippen LogP contribution in [0, 0.1) is 0 Å². The molecule has 0 radical (unpaired) electrons. The number of halogens is 2. The Balaban J connectivity index is 2.62. The van der Waals surface area contributed by atoms with Crippen molar-refractivity contribution in [1.29, 1.82) is 0 Å². The van der Waals surface area contributed by atoms with Crippen LogP contribution in [0.5, 0.6) is 0 Å². The van der Waals surface area contributed by atoms with Crippen LogP contribution < -0.4 is 11.1 Å². The summed E-state index contributed by atoms with van der Waals surface area (Å²) < 4.78 is 1.79. The first kappa shape index (κ1) is 12.6. The Morgan fingerprint density at radius 1 is 1.67 bits per heavy atom. The molecule has 1 amide bonds. The predicted octanol–water partition coefficient (Wildman–Crippen LogP) is 1.57. The maximum absolute atomic E-state index is 10.8. The van der Waals surface area contributed by atoms with Crippen LogP contribution in [-0.4, -0.2) is 16.9 Å². The number of carbonyl (C=O) groups excluding carboxylic acids is 1. The number of nitrogens with one attached hydrogen (secondary N) is 1. The Morgan fingerprint density at radius 2 is 2.33 bits per heavy atom. The Morgan fingerprint density at radius 3 is 2.87 bits per heavy atom. The standard InChI is InChI=1S/C9H11Br2N3O/c1-5(9(12)15)13-4-8-7(11)2-6(10)3-14-8/h2-3,5,13H,4H2,1H3,(H2,12,15). The molecule has 1 heterocycles. The summed E-state index contributed by atoms with van der Waals surface area (Å²) in [6, 6.07) is 1.54. The summed E-state index contributed by atoms with van der Waals surface area (Å²) in [4.78, 5) is 15.0. The van der Waals surface area contributed by atoms with E-state index < -0.39 is 0 Å². The van der Waals surface area contributed by atoms with Gasteiger partial charge in [-0.25, -0.2) is 0 Å². The summed E-state index contributed by atoms with van der Waals surface area (Å²) in [5, 5.41) is 2.98. The van der Waals surface area contributed by atoms with E-state index in [-0.39, 0.29) is 11.9 Å². The zero-order chi connectivity index (χ0) is 11.4. The van der Waals surface area contributed by atoms with Gasteiger partial charge in [0.2, 0.25) is 5.91 Å². The van der Waals surface area contributed by atoms with Crippen molar-refractivity contribution in [3.05, 3.63) is 26.9 Å². The fourth-order valence-corrected chi connectivity index (χ4v) is 2.05. The summed E-state index contributed by atoms with van der Waals surface area (Å²) in [6.45, 7) is 2.22. The number of aromatic nitrogens is 1. The van der Waals surface area contributed by atoms with Crippen molar-refractivity contribution in [1.82, 2.24) is 10.3 Å². The molecular weight excluding hydrogens is 326 g/mol. The average molecular weight is 337 g/mol. The maximum atomic E-state index is 10.8. The van der Waals surface area contributed by atoms with Gasteiger partial charge in [-0.15, -0.1) is 0 Å². The average Bonchev–Trinajstić information content (AvgIpc) is 2.15. The molecule has 1 atom stereocenters. The van der Waals surface area contributed by atoms with Crippen molar-refractivity contribution in [2.45, 2.75) is 19.5 Å². The number of nitrogens with two attached hydrogens (primary N) is 1. The van der Waals surface area contributed by atoms with Crippen molar-refractivity contribution < 1.29 is 4.79 Å². The molecule has 0 bridgehead atoms. The van der Waals surface area contributed by atoms with Crippen molar-refractivity contribution in [2.75, 3.05) is 0 Å². The highest BCUT2D eigenvalue weighted by Gasteiger charge is 2.09. The monoisotopic (exact) mass is 335 g/mol. The quantitative estimate of drug-likeness (QED) is 0.877. The molecule has 0 fully saturated rings. The van der Waals surface area contributed by atoms with Crippen LogP contribution in [0.2, 0.25) is 0 Å². The van der Waals surface area contributed by atoms with Gasteiger partial charge >= 0.3 is 0 Å². The maximum Gasteiger partial charge on any atom is 0.234 e. The highest BCUT2D eigenvalue weighted by Crippen LogP contribution is 2.19. The second-order valence-electron chi connectivity index (χ2n) is 3.09. The van der Waals surface area contributed by atoms with E-state index in [2.05, 4.69) is 42.2 Å². The number of primary amides is 1. The molecule has 1 rings (SSSR count). The lowest BCUT2D eigenvalue weighted by molar-refractivity contribution is -0.119. The van der Waals surface area contributed by atoms with Gasteiger partial charge in [-0.1, -0.05) is 0 Å². The zero-order valence-electron chi connectivity index (χ0n) is 8.13. The summed E-state index contributed by atoms with van der Waals surface area (Å²) in [7, 11) is 0. The largest absolute Gasteiger partial charge is 0.368 e. The minimum absolute atomic E-state index is 0.359. The highest BCUT2D eigenvalue weighted by atomic mass is 79.9. The molecule has 0 aliphatic carbocycles. The van der Waals surface area contributed by atoms with Crippen LogP contribution in [0.25, 0.3) is 0 Å². The van der Waals surface area contributed by atoms with E-state index in [1.165, 1.54) is 0 Å². The van der Waals surface area contributed by atoms with Crippen LogP contribution in [0.1, 0.15) is 12.6 Å². The number of carbonyl (C=O) groups is 1. The zero-order valence-corrected chi connectivity index (χ0v) is 11.3. The Hall–Kier alpha value is -0.460. The van der Waals surface area contributed by atoms with Gasteiger partial charge in [0.15, 0.2) is 0 Å². The molecule has 0 spiro atoms. The van der Waals surface area contributed by atoms with Gasteiger partial charge in [0.05, 0.1) is 11.7 Å². The second-order valence-corrected chi connectivity index (χ2v) is 4.86. The van der Waals surface area contributed by atoms with Gasteiger partial charge in [0, 0.05) is 21.7 Å². The smallest absolute Gasteiger partial charge is 0.234 e. The third-order valence-electron chi connectivity index (χ3n) is 1.89. The van der Waals surface area contributed by atoms with E-state index in [0.717, 1.165) is 14.6 Å². The fourth-order valence-electron chi connectivity index (χ4n) is 0.923. The Kier molecular flexibility index (Phi) is 4.69. The van der Waals surface area contributed by atoms with Crippen LogP contribution in [-0.2, 0) is 11.3 Å². The van der Waals surface area contributed by atoms with Gasteiger partial charge in [0.25, 0.3) is 0 Å². The molecule has 6 heteroatoms. The van der Waals surface area contributed by atoms with E-state index >= 15 is 0 Å². The molecule has 0 saturated heterocycles. The molecule has 4 nitrogen and oxygen atoms in total. The molecular formula is C9H11Br2N3O. The number of rotatable bonds is 4. The van der Waals surface area contributed by atoms with E-state index in [1.807, 2.05) is 6.07 Å². The van der Waals surface area contributed by atoms with Crippen molar-refractivity contribution in [3.63, 3.8) is 0 Å². The van der Waals surface area contributed by atoms with Crippen LogP contribution in [0.4, 0.5) is 0 Å². The lowest BCUT2D eigenvalue weighted by Crippen LogP contribution is -2.38. The molecule has 15 heavy (non-hydrogen) atoms. The van der Waals surface area contributed by atoms with E-state index in [9.17, 15) is 4.79 Å².